The Kier molecular flexibility index (Phi) is 3.52. The lowest BCUT2D eigenvalue weighted by molar-refractivity contribution is 0.417. The summed E-state index contributed by atoms with van der Waals surface area (Å²) in [6.45, 7) is 0. The number of fused-ring (bicyclic) bond motifs is 2. The number of aryl methyl sites for hydroxylation is 2. The first kappa shape index (κ1) is 13.1. The Labute approximate surface area is 127 Å². The van der Waals surface area contributed by atoms with Gasteiger partial charge in [0, 0.05) is 12.1 Å². The highest BCUT2D eigenvalue weighted by atomic mass is 15.0. The molecule has 0 heterocycles. The summed E-state index contributed by atoms with van der Waals surface area (Å²) in [6.07, 6.45) is 7.66. The molecule has 2 aliphatic rings. The topological polar surface area (TPSA) is 12.0 Å². The Morgan fingerprint density at radius 2 is 1.29 bits per heavy atom. The second-order valence-corrected chi connectivity index (χ2v) is 6.45. The molecule has 1 heteroatoms. The van der Waals surface area contributed by atoms with Crippen molar-refractivity contribution in [1.29, 1.82) is 0 Å². The predicted octanol–water partition coefficient (Wildman–Crippen LogP) is 4.73. The van der Waals surface area contributed by atoms with Gasteiger partial charge in [-0.05, 0) is 54.4 Å². The maximum Gasteiger partial charge on any atom is 0.0331 e. The second kappa shape index (κ2) is 5.65. The average molecular weight is 277 g/mol. The zero-order valence-electron chi connectivity index (χ0n) is 12.5. The van der Waals surface area contributed by atoms with Crippen LogP contribution in [-0.4, -0.2) is 0 Å². The Bertz CT molecular complexity index is 631. The molecule has 1 nitrogen and oxygen atoms in total. The molecule has 0 bridgehead atoms. The molecule has 2 atom stereocenters. The molecule has 0 spiro atoms. The Hall–Kier alpha value is -1.60. The zero-order chi connectivity index (χ0) is 14.1. The van der Waals surface area contributed by atoms with Crippen LogP contribution in [0.5, 0.6) is 0 Å². The van der Waals surface area contributed by atoms with E-state index in [9.17, 15) is 0 Å². The molecule has 2 aliphatic carbocycles. The maximum atomic E-state index is 3.97. The molecule has 4 rings (SSSR count). The van der Waals surface area contributed by atoms with Gasteiger partial charge < -0.3 is 5.32 Å². The first-order valence-corrected chi connectivity index (χ1v) is 8.33. The third kappa shape index (κ3) is 2.51. The summed E-state index contributed by atoms with van der Waals surface area (Å²) >= 11 is 0. The van der Waals surface area contributed by atoms with Gasteiger partial charge in [0.1, 0.15) is 0 Å². The minimum atomic E-state index is 0.528. The van der Waals surface area contributed by atoms with Gasteiger partial charge in [-0.1, -0.05) is 55.0 Å². The Morgan fingerprint density at radius 1 is 0.667 bits per heavy atom. The van der Waals surface area contributed by atoms with Crippen molar-refractivity contribution >= 4 is 0 Å². The fourth-order valence-electron chi connectivity index (χ4n) is 4.07. The minimum absolute atomic E-state index is 0.528. The molecular formula is C20H23N. The van der Waals surface area contributed by atoms with E-state index in [4.69, 9.17) is 0 Å². The van der Waals surface area contributed by atoms with E-state index in [0.29, 0.717) is 12.1 Å². The van der Waals surface area contributed by atoms with Crippen LogP contribution in [-0.2, 0) is 12.8 Å². The van der Waals surface area contributed by atoms with Gasteiger partial charge in [-0.2, -0.15) is 0 Å². The predicted molar refractivity (Wildman–Crippen MR) is 87.4 cm³/mol. The van der Waals surface area contributed by atoms with Crippen LogP contribution in [0.15, 0.2) is 48.5 Å². The zero-order valence-corrected chi connectivity index (χ0v) is 12.5. The molecule has 0 fully saturated rings. The smallest absolute Gasteiger partial charge is 0.0331 e. The summed E-state index contributed by atoms with van der Waals surface area (Å²) in [7, 11) is 0. The SMILES string of the molecule is c1ccc2c(c1)CCCCC2NC1CCc2ccccc21. The van der Waals surface area contributed by atoms with Crippen LogP contribution in [0.2, 0.25) is 0 Å². The molecule has 0 radical (unpaired) electrons. The van der Waals surface area contributed by atoms with E-state index < -0.39 is 0 Å². The summed E-state index contributed by atoms with van der Waals surface area (Å²) < 4.78 is 0. The number of nitrogens with one attached hydrogen (secondary N) is 1. The standard InChI is InChI=1S/C20H23N/c1-4-10-17-15(7-1)8-3-6-12-19(17)21-20-14-13-16-9-2-5-11-18(16)20/h1-2,4-5,7,9-11,19-21H,3,6,8,12-14H2. The van der Waals surface area contributed by atoms with Crippen LogP contribution in [0.1, 0.15) is 60.0 Å². The maximum absolute atomic E-state index is 3.97. The van der Waals surface area contributed by atoms with Crippen LogP contribution in [0, 0.1) is 0 Å². The first-order chi connectivity index (χ1) is 10.4. The van der Waals surface area contributed by atoms with E-state index in [2.05, 4.69) is 53.8 Å². The van der Waals surface area contributed by atoms with Gasteiger partial charge in [0.25, 0.3) is 0 Å². The molecule has 0 saturated heterocycles. The van der Waals surface area contributed by atoms with E-state index in [1.54, 1.807) is 11.1 Å². The van der Waals surface area contributed by atoms with Crippen molar-refractivity contribution in [2.24, 2.45) is 0 Å². The van der Waals surface area contributed by atoms with Crippen molar-refractivity contribution in [1.82, 2.24) is 5.32 Å². The molecule has 0 saturated carbocycles. The average Bonchev–Trinajstić information content (AvgIpc) is 2.82. The van der Waals surface area contributed by atoms with Gasteiger partial charge in [-0.15, -0.1) is 0 Å². The molecule has 0 aromatic heterocycles. The summed E-state index contributed by atoms with van der Waals surface area (Å²) in [4.78, 5) is 0. The quantitative estimate of drug-likeness (QED) is 0.782. The lowest BCUT2D eigenvalue weighted by Crippen LogP contribution is -2.25. The molecule has 108 valence electrons. The largest absolute Gasteiger partial charge is 0.303 e. The monoisotopic (exact) mass is 277 g/mol. The van der Waals surface area contributed by atoms with Gasteiger partial charge in [0.15, 0.2) is 0 Å². The van der Waals surface area contributed by atoms with Gasteiger partial charge in [0.05, 0.1) is 0 Å². The van der Waals surface area contributed by atoms with Crippen molar-refractivity contribution in [3.05, 3.63) is 70.8 Å². The second-order valence-electron chi connectivity index (χ2n) is 6.45. The van der Waals surface area contributed by atoms with Crippen LogP contribution in [0.4, 0.5) is 0 Å². The summed E-state index contributed by atoms with van der Waals surface area (Å²) in [5.74, 6) is 0. The van der Waals surface area contributed by atoms with E-state index in [-0.39, 0.29) is 0 Å². The van der Waals surface area contributed by atoms with E-state index in [0.717, 1.165) is 0 Å². The van der Waals surface area contributed by atoms with Crippen molar-refractivity contribution in [2.45, 2.75) is 50.6 Å². The molecule has 2 unspecified atom stereocenters. The number of rotatable bonds is 2. The third-order valence-corrected chi connectivity index (χ3v) is 5.15. The minimum Gasteiger partial charge on any atom is -0.303 e. The normalized spacial score (nSPS) is 24.2. The molecular weight excluding hydrogens is 254 g/mol. The van der Waals surface area contributed by atoms with Crippen molar-refractivity contribution in [3.8, 4) is 0 Å². The summed E-state index contributed by atoms with van der Waals surface area (Å²) in [6, 6.07) is 19.0. The highest BCUT2D eigenvalue weighted by Gasteiger charge is 2.26. The number of hydrogen-bond acceptors (Lipinski definition) is 1. The number of hydrogen-bond donors (Lipinski definition) is 1. The number of benzene rings is 2. The van der Waals surface area contributed by atoms with Crippen molar-refractivity contribution in [2.75, 3.05) is 0 Å². The highest BCUT2D eigenvalue weighted by molar-refractivity contribution is 5.36. The fraction of sp³-hybridized carbons (Fsp3) is 0.400. The van der Waals surface area contributed by atoms with E-state index >= 15 is 0 Å². The molecule has 0 aliphatic heterocycles. The van der Waals surface area contributed by atoms with Gasteiger partial charge >= 0.3 is 0 Å². The van der Waals surface area contributed by atoms with Crippen LogP contribution < -0.4 is 5.32 Å². The van der Waals surface area contributed by atoms with Crippen molar-refractivity contribution < 1.29 is 0 Å². The summed E-state index contributed by atoms with van der Waals surface area (Å²) in [5, 5.41) is 3.97. The fourth-order valence-corrected chi connectivity index (χ4v) is 4.07. The molecule has 2 aromatic carbocycles. The van der Waals surface area contributed by atoms with Crippen molar-refractivity contribution in [3.63, 3.8) is 0 Å². The highest BCUT2D eigenvalue weighted by Crippen LogP contribution is 2.36. The molecule has 2 aromatic rings. The Balaban J connectivity index is 1.61. The Morgan fingerprint density at radius 3 is 2.05 bits per heavy atom. The first-order valence-electron chi connectivity index (χ1n) is 8.33. The lowest BCUT2D eigenvalue weighted by atomic mass is 9.97. The van der Waals surface area contributed by atoms with E-state index in [1.807, 2.05) is 0 Å². The van der Waals surface area contributed by atoms with Gasteiger partial charge in [-0.3, -0.25) is 0 Å². The summed E-state index contributed by atoms with van der Waals surface area (Å²) in [5.41, 5.74) is 6.16. The van der Waals surface area contributed by atoms with E-state index in [1.165, 1.54) is 49.7 Å². The third-order valence-electron chi connectivity index (χ3n) is 5.15. The molecule has 0 amide bonds. The molecule has 21 heavy (non-hydrogen) atoms. The van der Waals surface area contributed by atoms with Gasteiger partial charge in [-0.25, -0.2) is 0 Å². The molecule has 1 N–H and O–H groups in total. The van der Waals surface area contributed by atoms with Gasteiger partial charge in [0.2, 0.25) is 0 Å². The van der Waals surface area contributed by atoms with Crippen LogP contribution in [0.25, 0.3) is 0 Å². The van der Waals surface area contributed by atoms with Crippen LogP contribution >= 0.6 is 0 Å². The van der Waals surface area contributed by atoms with Crippen LogP contribution in [0.3, 0.4) is 0 Å². The lowest BCUT2D eigenvalue weighted by Gasteiger charge is -2.24.